The minimum Gasteiger partial charge on any atom is -0.338 e. The molecule has 2 aromatic heterocycles. The number of nitrogens with one attached hydrogen (secondary N) is 2. The van der Waals surface area contributed by atoms with Gasteiger partial charge in [0.15, 0.2) is 10.9 Å². The first-order chi connectivity index (χ1) is 8.94. The monoisotopic (exact) mass is 286 g/mol. The average molecular weight is 286 g/mol. The van der Waals surface area contributed by atoms with Crippen molar-refractivity contribution in [3.8, 4) is 0 Å². The fourth-order valence-electron chi connectivity index (χ4n) is 1.53. The molecule has 0 unspecified atom stereocenters. The summed E-state index contributed by atoms with van der Waals surface area (Å²) in [5, 5.41) is 9.81. The van der Waals surface area contributed by atoms with Crippen LogP contribution >= 0.6 is 0 Å². The van der Waals surface area contributed by atoms with Crippen LogP contribution in [0.3, 0.4) is 0 Å². The van der Waals surface area contributed by atoms with Gasteiger partial charge in [0.1, 0.15) is 0 Å². The van der Waals surface area contributed by atoms with Crippen molar-refractivity contribution in [3.63, 3.8) is 0 Å². The van der Waals surface area contributed by atoms with Gasteiger partial charge in [0.25, 0.3) is 10.0 Å². The number of hydrogen-bond donors (Lipinski definition) is 3. The van der Waals surface area contributed by atoms with Gasteiger partial charge >= 0.3 is 0 Å². The Morgan fingerprint density at radius 1 is 1.42 bits per heavy atom. The van der Waals surface area contributed by atoms with E-state index in [2.05, 4.69) is 25.1 Å². The molecule has 0 radical (unpaired) electrons. The van der Waals surface area contributed by atoms with Crippen LogP contribution in [0.15, 0.2) is 9.55 Å². The van der Waals surface area contributed by atoms with Crippen LogP contribution in [0.1, 0.15) is 23.0 Å². The quantitative estimate of drug-likeness (QED) is 0.663. The lowest BCUT2D eigenvalue weighted by Gasteiger charge is -2.03. The third-order valence-corrected chi connectivity index (χ3v) is 3.85. The van der Waals surface area contributed by atoms with Crippen molar-refractivity contribution in [2.75, 3.05) is 0 Å². The number of aromatic nitrogens is 4. The molecule has 2 rings (SSSR count). The minimum absolute atomic E-state index is 0.0816. The van der Waals surface area contributed by atoms with Crippen molar-refractivity contribution in [1.29, 1.82) is 0 Å². The number of nitrogens with two attached hydrogens (primary N) is 1. The van der Waals surface area contributed by atoms with Crippen LogP contribution in [0.5, 0.6) is 0 Å². The zero-order valence-electron chi connectivity index (χ0n) is 10.5. The maximum absolute atomic E-state index is 12.1. The summed E-state index contributed by atoms with van der Waals surface area (Å²) in [7, 11) is -3.77. The Balaban J connectivity index is 2.18. The third kappa shape index (κ3) is 2.80. The molecule has 0 amide bonds. The first-order valence-electron chi connectivity index (χ1n) is 5.47. The molecule has 0 saturated carbocycles. The van der Waals surface area contributed by atoms with E-state index < -0.39 is 10.0 Å². The highest BCUT2D eigenvalue weighted by Crippen LogP contribution is 2.15. The lowest BCUT2D eigenvalue weighted by Crippen LogP contribution is -2.25. The summed E-state index contributed by atoms with van der Waals surface area (Å²) in [6, 6.07) is 0. The highest BCUT2D eigenvalue weighted by molar-refractivity contribution is 7.89. The molecule has 0 aliphatic heterocycles. The molecule has 0 spiro atoms. The maximum atomic E-state index is 12.1. The van der Waals surface area contributed by atoms with Gasteiger partial charge in [-0.1, -0.05) is 5.16 Å². The molecule has 4 N–H and O–H groups in total. The van der Waals surface area contributed by atoms with Crippen molar-refractivity contribution in [3.05, 3.63) is 23.0 Å². The molecule has 0 aromatic carbocycles. The van der Waals surface area contributed by atoms with Crippen molar-refractivity contribution in [1.82, 2.24) is 25.1 Å². The van der Waals surface area contributed by atoms with Gasteiger partial charge < -0.3 is 10.3 Å². The zero-order chi connectivity index (χ0) is 14.0. The molecule has 0 bridgehead atoms. The summed E-state index contributed by atoms with van der Waals surface area (Å²) >= 11 is 0. The van der Waals surface area contributed by atoms with Gasteiger partial charge in [-0.2, -0.15) is 10.1 Å². The Hall–Kier alpha value is -1.78. The van der Waals surface area contributed by atoms with E-state index in [0.717, 1.165) is 0 Å². The third-order valence-electron chi connectivity index (χ3n) is 2.48. The van der Waals surface area contributed by atoms with Crippen molar-refractivity contribution in [2.24, 2.45) is 5.73 Å². The fraction of sp³-hybridized carbons (Fsp3) is 0.444. The molecule has 9 nitrogen and oxygen atoms in total. The van der Waals surface area contributed by atoms with Gasteiger partial charge in [0, 0.05) is 17.8 Å². The van der Waals surface area contributed by atoms with Gasteiger partial charge in [-0.25, -0.2) is 13.1 Å². The number of nitrogens with zero attached hydrogens (tertiary/aromatic N) is 3. The Labute approximate surface area is 109 Å². The number of rotatable bonds is 5. The molecular formula is C9H14N6O3S. The SMILES string of the molecule is Cc1noc(CNS(=O)(=O)c2n[nH]c(C)c2CN)n1. The highest BCUT2D eigenvalue weighted by Gasteiger charge is 2.23. The summed E-state index contributed by atoms with van der Waals surface area (Å²) in [6.45, 7) is 3.33. The lowest BCUT2D eigenvalue weighted by molar-refractivity contribution is 0.372. The van der Waals surface area contributed by atoms with Crippen LogP contribution in [-0.4, -0.2) is 28.8 Å². The Kier molecular flexibility index (Phi) is 3.64. The van der Waals surface area contributed by atoms with Gasteiger partial charge in [-0.15, -0.1) is 0 Å². The molecule has 10 heteroatoms. The molecule has 0 saturated heterocycles. The summed E-state index contributed by atoms with van der Waals surface area (Å²) in [6.07, 6.45) is 0. The first-order valence-corrected chi connectivity index (χ1v) is 6.95. The van der Waals surface area contributed by atoms with Crippen LogP contribution in [0.4, 0.5) is 0 Å². The van der Waals surface area contributed by atoms with E-state index in [4.69, 9.17) is 10.3 Å². The molecular weight excluding hydrogens is 272 g/mol. The Morgan fingerprint density at radius 2 is 2.16 bits per heavy atom. The van der Waals surface area contributed by atoms with Crippen LogP contribution in [0.25, 0.3) is 0 Å². The molecule has 104 valence electrons. The van der Waals surface area contributed by atoms with E-state index in [1.807, 2.05) is 0 Å². The zero-order valence-corrected chi connectivity index (χ0v) is 11.3. The molecule has 2 aromatic rings. The molecule has 2 heterocycles. The van der Waals surface area contributed by atoms with Gasteiger partial charge in [0.2, 0.25) is 5.89 Å². The van der Waals surface area contributed by atoms with E-state index >= 15 is 0 Å². The van der Waals surface area contributed by atoms with E-state index in [1.165, 1.54) is 0 Å². The number of hydrogen-bond acceptors (Lipinski definition) is 7. The number of aryl methyl sites for hydroxylation is 2. The van der Waals surface area contributed by atoms with Crippen molar-refractivity contribution >= 4 is 10.0 Å². The van der Waals surface area contributed by atoms with E-state index in [-0.39, 0.29) is 24.0 Å². The highest BCUT2D eigenvalue weighted by atomic mass is 32.2. The van der Waals surface area contributed by atoms with Crippen LogP contribution in [0, 0.1) is 13.8 Å². The molecule has 19 heavy (non-hydrogen) atoms. The summed E-state index contributed by atoms with van der Waals surface area (Å²) in [4.78, 5) is 3.90. The van der Waals surface area contributed by atoms with Crippen LogP contribution in [-0.2, 0) is 23.1 Å². The summed E-state index contributed by atoms with van der Waals surface area (Å²) in [5.74, 6) is 0.620. The number of sulfonamides is 1. The van der Waals surface area contributed by atoms with Gasteiger partial charge in [-0.05, 0) is 13.8 Å². The summed E-state index contributed by atoms with van der Waals surface area (Å²) < 4.78 is 31.3. The second kappa shape index (κ2) is 5.07. The second-order valence-corrected chi connectivity index (χ2v) is 5.58. The number of H-pyrrole nitrogens is 1. The first kappa shape index (κ1) is 13.6. The predicted molar refractivity (Wildman–Crippen MR) is 64.3 cm³/mol. The lowest BCUT2D eigenvalue weighted by atomic mass is 10.3. The molecule has 0 aliphatic carbocycles. The minimum atomic E-state index is -3.77. The second-order valence-electron chi connectivity index (χ2n) is 3.90. The van der Waals surface area contributed by atoms with Crippen LogP contribution < -0.4 is 10.5 Å². The average Bonchev–Trinajstić information content (AvgIpc) is 2.93. The van der Waals surface area contributed by atoms with Crippen molar-refractivity contribution < 1.29 is 12.9 Å². The largest absolute Gasteiger partial charge is 0.338 e. The maximum Gasteiger partial charge on any atom is 0.260 e. The Morgan fingerprint density at radius 3 is 2.74 bits per heavy atom. The molecule has 0 fully saturated rings. The van der Waals surface area contributed by atoms with E-state index in [1.54, 1.807) is 13.8 Å². The van der Waals surface area contributed by atoms with E-state index in [9.17, 15) is 8.42 Å². The summed E-state index contributed by atoms with van der Waals surface area (Å²) in [5.41, 5.74) is 6.58. The number of aromatic amines is 1. The molecule has 0 aliphatic rings. The normalized spacial score (nSPS) is 11.9. The van der Waals surface area contributed by atoms with Crippen molar-refractivity contribution in [2.45, 2.75) is 32.0 Å². The van der Waals surface area contributed by atoms with E-state index in [0.29, 0.717) is 17.1 Å². The Bertz CT molecular complexity index is 674. The fourth-order valence-corrected chi connectivity index (χ4v) is 2.71. The van der Waals surface area contributed by atoms with Gasteiger partial charge in [-0.3, -0.25) is 5.10 Å². The topological polar surface area (TPSA) is 140 Å². The smallest absolute Gasteiger partial charge is 0.260 e. The van der Waals surface area contributed by atoms with Gasteiger partial charge in [0.05, 0.1) is 6.54 Å². The standard InChI is InChI=1S/C9H14N6O3S/c1-5-7(3-10)9(14-13-5)19(16,17)11-4-8-12-6(2)15-18-8/h11H,3-4,10H2,1-2H3,(H,13,14). The molecule has 0 atom stereocenters. The van der Waals surface area contributed by atoms with Crippen LogP contribution in [0.2, 0.25) is 0 Å². The predicted octanol–water partition coefficient (Wildman–Crippen LogP) is -0.653.